The minimum Gasteiger partial charge on any atom is -0.443 e. The molecule has 1 aromatic heterocycles. The first kappa shape index (κ1) is 22.1. The van der Waals surface area contributed by atoms with Crippen LogP contribution in [0.15, 0.2) is 95.6 Å². The SMILES string of the molecule is CC(C)(C)OC(=O)n1cc([C@@H](/C=C/c2ccccc2)c2ccccc2)c2ccc(Br)cc21. The number of aromatic nitrogens is 1. The number of carbonyl (C=O) groups excluding carboxylic acids is 1. The number of nitrogens with zero attached hydrogens (tertiary/aromatic N) is 1. The third kappa shape index (κ3) is 5.03. The molecule has 32 heavy (non-hydrogen) atoms. The molecule has 0 fully saturated rings. The van der Waals surface area contributed by atoms with E-state index < -0.39 is 5.60 Å². The second kappa shape index (κ2) is 9.17. The number of hydrogen-bond donors (Lipinski definition) is 0. The molecule has 0 saturated heterocycles. The van der Waals surface area contributed by atoms with Crippen LogP contribution in [0.3, 0.4) is 0 Å². The van der Waals surface area contributed by atoms with E-state index in [9.17, 15) is 4.79 Å². The Morgan fingerprint density at radius 1 is 0.969 bits per heavy atom. The predicted molar refractivity (Wildman–Crippen MR) is 135 cm³/mol. The zero-order valence-corrected chi connectivity index (χ0v) is 20.0. The molecule has 0 radical (unpaired) electrons. The summed E-state index contributed by atoms with van der Waals surface area (Å²) in [6.45, 7) is 5.63. The van der Waals surface area contributed by atoms with Gasteiger partial charge in [0.05, 0.1) is 5.52 Å². The number of benzene rings is 3. The Balaban J connectivity index is 1.87. The quantitative estimate of drug-likeness (QED) is 0.291. The van der Waals surface area contributed by atoms with E-state index in [2.05, 4.69) is 58.4 Å². The van der Waals surface area contributed by atoms with E-state index in [1.807, 2.05) is 75.5 Å². The van der Waals surface area contributed by atoms with Gasteiger partial charge in [0.15, 0.2) is 0 Å². The van der Waals surface area contributed by atoms with Gasteiger partial charge in [-0.1, -0.05) is 94.8 Å². The van der Waals surface area contributed by atoms with Gasteiger partial charge in [0, 0.05) is 22.0 Å². The van der Waals surface area contributed by atoms with Crippen LogP contribution in [0, 0.1) is 0 Å². The van der Waals surface area contributed by atoms with Gasteiger partial charge in [-0.05, 0) is 49.6 Å². The molecule has 0 bridgehead atoms. The van der Waals surface area contributed by atoms with Crippen molar-refractivity contribution in [2.45, 2.75) is 32.3 Å². The van der Waals surface area contributed by atoms with Crippen LogP contribution >= 0.6 is 15.9 Å². The molecule has 4 rings (SSSR count). The van der Waals surface area contributed by atoms with Crippen molar-refractivity contribution in [1.82, 2.24) is 4.57 Å². The molecular weight excluding hydrogens is 462 g/mol. The number of rotatable bonds is 4. The minimum atomic E-state index is -0.577. The number of halogens is 1. The van der Waals surface area contributed by atoms with Crippen molar-refractivity contribution >= 4 is 39.0 Å². The molecule has 0 aliphatic carbocycles. The lowest BCUT2D eigenvalue weighted by Gasteiger charge is -2.19. The number of carbonyl (C=O) groups is 1. The van der Waals surface area contributed by atoms with Crippen LogP contribution in [0.4, 0.5) is 4.79 Å². The first-order valence-corrected chi connectivity index (χ1v) is 11.4. The summed E-state index contributed by atoms with van der Waals surface area (Å²) in [6.07, 6.45) is 5.86. The van der Waals surface area contributed by atoms with E-state index in [1.54, 1.807) is 4.57 Å². The van der Waals surface area contributed by atoms with Crippen LogP contribution in [0.2, 0.25) is 0 Å². The van der Waals surface area contributed by atoms with Crippen LogP contribution in [0.25, 0.3) is 17.0 Å². The molecule has 0 aliphatic heterocycles. The highest BCUT2D eigenvalue weighted by Crippen LogP contribution is 2.35. The van der Waals surface area contributed by atoms with E-state index >= 15 is 0 Å². The number of allylic oxidation sites excluding steroid dienone is 1. The smallest absolute Gasteiger partial charge is 0.419 e. The molecule has 3 aromatic carbocycles. The summed E-state index contributed by atoms with van der Waals surface area (Å²) in [5.74, 6) is -0.0243. The van der Waals surface area contributed by atoms with Gasteiger partial charge in [-0.25, -0.2) is 4.79 Å². The van der Waals surface area contributed by atoms with E-state index in [0.29, 0.717) is 0 Å². The van der Waals surface area contributed by atoms with E-state index in [4.69, 9.17) is 4.74 Å². The summed E-state index contributed by atoms with van der Waals surface area (Å²) in [4.78, 5) is 13.0. The highest BCUT2D eigenvalue weighted by Gasteiger charge is 2.24. The molecule has 3 nitrogen and oxygen atoms in total. The highest BCUT2D eigenvalue weighted by atomic mass is 79.9. The average Bonchev–Trinajstić information content (AvgIpc) is 3.13. The number of ether oxygens (including phenoxy) is 1. The van der Waals surface area contributed by atoms with E-state index in [-0.39, 0.29) is 12.0 Å². The van der Waals surface area contributed by atoms with E-state index in [1.165, 1.54) is 0 Å². The van der Waals surface area contributed by atoms with E-state index in [0.717, 1.165) is 32.1 Å². The molecule has 1 atom stereocenters. The monoisotopic (exact) mass is 487 g/mol. The molecular formula is C28H26BrNO2. The maximum absolute atomic E-state index is 13.0. The molecule has 0 aliphatic rings. The lowest BCUT2D eigenvalue weighted by molar-refractivity contribution is 0.0544. The van der Waals surface area contributed by atoms with Crippen LogP contribution < -0.4 is 0 Å². The Morgan fingerprint density at radius 3 is 2.28 bits per heavy atom. The van der Waals surface area contributed by atoms with Crippen molar-refractivity contribution in [3.8, 4) is 0 Å². The van der Waals surface area contributed by atoms with Gasteiger partial charge in [0.25, 0.3) is 0 Å². The van der Waals surface area contributed by atoms with Gasteiger partial charge < -0.3 is 4.74 Å². The lowest BCUT2D eigenvalue weighted by atomic mass is 9.90. The Hall–Kier alpha value is -3.11. The van der Waals surface area contributed by atoms with Crippen LogP contribution in [-0.2, 0) is 4.74 Å². The maximum Gasteiger partial charge on any atom is 0.419 e. The van der Waals surface area contributed by atoms with Crippen molar-refractivity contribution in [1.29, 1.82) is 0 Å². The van der Waals surface area contributed by atoms with Gasteiger partial charge in [0.1, 0.15) is 5.60 Å². The van der Waals surface area contributed by atoms with Gasteiger partial charge in [-0.2, -0.15) is 0 Å². The van der Waals surface area contributed by atoms with Crippen molar-refractivity contribution in [2.24, 2.45) is 0 Å². The lowest BCUT2D eigenvalue weighted by Crippen LogP contribution is -2.26. The third-order valence-corrected chi connectivity index (χ3v) is 5.66. The molecule has 0 amide bonds. The Morgan fingerprint density at radius 2 is 1.62 bits per heavy atom. The standard InChI is InChI=1S/C28H26BrNO2/c1-28(2,3)32-27(31)30-19-25(24-17-15-22(29)18-26(24)30)23(21-12-8-5-9-13-21)16-14-20-10-6-4-7-11-20/h4-19,23H,1-3H3/b16-14+/t23-/m0/s1. The summed E-state index contributed by atoms with van der Waals surface area (Å²) in [7, 11) is 0. The largest absolute Gasteiger partial charge is 0.443 e. The fraction of sp³-hybridized carbons (Fsp3) is 0.179. The topological polar surface area (TPSA) is 31.2 Å². The maximum atomic E-state index is 13.0. The second-order valence-corrected chi connectivity index (χ2v) is 9.67. The fourth-order valence-electron chi connectivity index (χ4n) is 3.76. The van der Waals surface area contributed by atoms with Gasteiger partial charge in [-0.3, -0.25) is 4.57 Å². The van der Waals surface area contributed by atoms with Crippen LogP contribution in [-0.4, -0.2) is 16.3 Å². The van der Waals surface area contributed by atoms with Crippen molar-refractivity contribution < 1.29 is 9.53 Å². The predicted octanol–water partition coefficient (Wildman–Crippen LogP) is 8.03. The second-order valence-electron chi connectivity index (χ2n) is 8.75. The highest BCUT2D eigenvalue weighted by molar-refractivity contribution is 9.10. The number of fused-ring (bicyclic) bond motifs is 1. The number of hydrogen-bond acceptors (Lipinski definition) is 2. The first-order chi connectivity index (χ1) is 15.3. The van der Waals surface area contributed by atoms with Gasteiger partial charge in [-0.15, -0.1) is 0 Å². The van der Waals surface area contributed by atoms with Crippen LogP contribution in [0.1, 0.15) is 43.4 Å². The van der Waals surface area contributed by atoms with Crippen molar-refractivity contribution in [3.05, 3.63) is 112 Å². The Kier molecular flexibility index (Phi) is 6.33. The summed E-state index contributed by atoms with van der Waals surface area (Å²) in [5, 5.41) is 1.02. The Labute approximate surface area is 197 Å². The van der Waals surface area contributed by atoms with Crippen molar-refractivity contribution in [2.75, 3.05) is 0 Å². The van der Waals surface area contributed by atoms with Crippen molar-refractivity contribution in [3.63, 3.8) is 0 Å². The minimum absolute atomic E-state index is 0.0243. The summed E-state index contributed by atoms with van der Waals surface area (Å²) in [6, 6.07) is 26.6. The molecule has 1 heterocycles. The zero-order valence-electron chi connectivity index (χ0n) is 18.5. The molecule has 0 saturated carbocycles. The molecule has 0 unspecified atom stereocenters. The molecule has 4 heteroatoms. The Bertz CT molecular complexity index is 1250. The normalized spacial score (nSPS) is 12.9. The summed E-state index contributed by atoms with van der Waals surface area (Å²) < 4.78 is 8.22. The summed E-state index contributed by atoms with van der Waals surface area (Å²) in [5.41, 5.74) is 3.58. The molecule has 0 N–H and O–H groups in total. The van der Waals surface area contributed by atoms with Crippen LogP contribution in [0.5, 0.6) is 0 Å². The molecule has 162 valence electrons. The fourth-order valence-corrected chi connectivity index (χ4v) is 4.11. The summed E-state index contributed by atoms with van der Waals surface area (Å²) >= 11 is 3.55. The average molecular weight is 488 g/mol. The first-order valence-electron chi connectivity index (χ1n) is 10.6. The van der Waals surface area contributed by atoms with Gasteiger partial charge in [0.2, 0.25) is 0 Å². The third-order valence-electron chi connectivity index (χ3n) is 5.16. The zero-order chi connectivity index (χ0) is 22.7. The van der Waals surface area contributed by atoms with Gasteiger partial charge >= 0.3 is 6.09 Å². The molecule has 0 spiro atoms. The molecule has 4 aromatic rings.